The SMILES string of the molecule is COc1cccc(-n2c(S[C@@H](C)C(=O)Nc3cccc([N+](=O)[O-])c3)nc3ccccc3c2=O)c1. The van der Waals surface area contributed by atoms with Crippen LogP contribution in [-0.4, -0.2) is 32.7 Å². The van der Waals surface area contributed by atoms with Crippen molar-refractivity contribution < 1.29 is 14.5 Å². The van der Waals surface area contributed by atoms with Crippen molar-refractivity contribution in [3.8, 4) is 11.4 Å². The molecule has 1 atom stereocenters. The smallest absolute Gasteiger partial charge is 0.271 e. The zero-order valence-corrected chi connectivity index (χ0v) is 19.1. The number of hydrogen-bond acceptors (Lipinski definition) is 7. The Bertz CT molecular complexity index is 1450. The van der Waals surface area contributed by atoms with Gasteiger partial charge in [-0.05, 0) is 37.3 Å². The van der Waals surface area contributed by atoms with Gasteiger partial charge in [0.25, 0.3) is 11.2 Å². The number of amides is 1. The van der Waals surface area contributed by atoms with E-state index in [0.717, 1.165) is 11.8 Å². The summed E-state index contributed by atoms with van der Waals surface area (Å²) in [4.78, 5) is 41.4. The molecular formula is C24H20N4O5S. The van der Waals surface area contributed by atoms with Gasteiger partial charge in [0.1, 0.15) is 5.75 Å². The Kier molecular flexibility index (Phi) is 6.60. The molecule has 1 heterocycles. The van der Waals surface area contributed by atoms with Crippen LogP contribution in [0.3, 0.4) is 0 Å². The van der Waals surface area contributed by atoms with Gasteiger partial charge in [-0.25, -0.2) is 4.98 Å². The van der Waals surface area contributed by atoms with Gasteiger partial charge in [0.05, 0.1) is 33.9 Å². The van der Waals surface area contributed by atoms with Gasteiger partial charge in [0, 0.05) is 23.9 Å². The topological polar surface area (TPSA) is 116 Å². The molecule has 0 saturated heterocycles. The lowest BCUT2D eigenvalue weighted by molar-refractivity contribution is -0.384. The van der Waals surface area contributed by atoms with Gasteiger partial charge in [-0.3, -0.25) is 24.3 Å². The number of nitro benzene ring substituents is 1. The lowest BCUT2D eigenvalue weighted by Crippen LogP contribution is -2.26. The Morgan fingerprint density at radius 2 is 1.88 bits per heavy atom. The summed E-state index contributed by atoms with van der Waals surface area (Å²) in [6.45, 7) is 1.68. The molecule has 4 aromatic rings. The third kappa shape index (κ3) is 4.76. The number of hydrogen-bond donors (Lipinski definition) is 1. The zero-order valence-electron chi connectivity index (χ0n) is 18.3. The fraction of sp³-hybridized carbons (Fsp3) is 0.125. The summed E-state index contributed by atoms with van der Waals surface area (Å²) in [6, 6.07) is 19.7. The Morgan fingerprint density at radius 1 is 1.12 bits per heavy atom. The van der Waals surface area contributed by atoms with E-state index in [9.17, 15) is 19.7 Å². The van der Waals surface area contributed by atoms with Crippen molar-refractivity contribution in [3.63, 3.8) is 0 Å². The van der Waals surface area contributed by atoms with Crippen molar-refractivity contribution in [2.45, 2.75) is 17.3 Å². The summed E-state index contributed by atoms with van der Waals surface area (Å²) < 4.78 is 6.75. The van der Waals surface area contributed by atoms with E-state index in [0.29, 0.717) is 33.2 Å². The first-order valence-electron chi connectivity index (χ1n) is 10.3. The Balaban J connectivity index is 1.70. The fourth-order valence-corrected chi connectivity index (χ4v) is 4.25. The van der Waals surface area contributed by atoms with Gasteiger partial charge in [-0.1, -0.05) is 36.0 Å². The number of thioether (sulfide) groups is 1. The van der Waals surface area contributed by atoms with Gasteiger partial charge >= 0.3 is 0 Å². The van der Waals surface area contributed by atoms with Crippen molar-refractivity contribution in [1.82, 2.24) is 9.55 Å². The van der Waals surface area contributed by atoms with Crippen LogP contribution in [0.15, 0.2) is 82.7 Å². The normalized spacial score (nSPS) is 11.7. The van der Waals surface area contributed by atoms with Gasteiger partial charge in [0.15, 0.2) is 5.16 Å². The maximum atomic E-state index is 13.4. The number of nitro groups is 1. The molecule has 4 rings (SSSR count). The van der Waals surface area contributed by atoms with E-state index in [4.69, 9.17) is 4.74 Å². The number of anilines is 1. The van der Waals surface area contributed by atoms with E-state index >= 15 is 0 Å². The van der Waals surface area contributed by atoms with E-state index in [-0.39, 0.29) is 17.2 Å². The predicted molar refractivity (Wildman–Crippen MR) is 131 cm³/mol. The number of nitrogens with zero attached hydrogens (tertiary/aromatic N) is 3. The van der Waals surface area contributed by atoms with Gasteiger partial charge < -0.3 is 10.1 Å². The standard InChI is InChI=1S/C24H20N4O5S/c1-15(22(29)25-16-7-5-9-18(13-16)28(31)32)34-24-26-21-12-4-3-11-20(21)23(30)27(24)17-8-6-10-19(14-17)33-2/h3-15H,1-2H3,(H,25,29)/t15-/m0/s1. The highest BCUT2D eigenvalue weighted by Crippen LogP contribution is 2.27. The molecule has 0 aliphatic rings. The summed E-state index contributed by atoms with van der Waals surface area (Å²) in [5.74, 6) is 0.190. The molecule has 0 bridgehead atoms. The van der Waals surface area contributed by atoms with Crippen LogP contribution >= 0.6 is 11.8 Å². The third-order valence-electron chi connectivity index (χ3n) is 5.03. The van der Waals surface area contributed by atoms with Gasteiger partial charge in [-0.15, -0.1) is 0 Å². The molecule has 9 nitrogen and oxygen atoms in total. The molecule has 0 aliphatic carbocycles. The van der Waals surface area contributed by atoms with E-state index < -0.39 is 10.2 Å². The van der Waals surface area contributed by atoms with Crippen LogP contribution in [0.1, 0.15) is 6.92 Å². The van der Waals surface area contributed by atoms with E-state index in [1.807, 2.05) is 0 Å². The van der Waals surface area contributed by atoms with Crippen LogP contribution in [0.4, 0.5) is 11.4 Å². The lowest BCUT2D eigenvalue weighted by atomic mass is 10.2. The maximum Gasteiger partial charge on any atom is 0.271 e. The van der Waals surface area contributed by atoms with Crippen LogP contribution in [0.25, 0.3) is 16.6 Å². The van der Waals surface area contributed by atoms with Crippen LogP contribution in [-0.2, 0) is 4.79 Å². The Hall–Kier alpha value is -4.18. The summed E-state index contributed by atoms with van der Waals surface area (Å²) in [5, 5.41) is 13.8. The van der Waals surface area contributed by atoms with E-state index in [2.05, 4.69) is 10.3 Å². The minimum absolute atomic E-state index is 0.124. The summed E-state index contributed by atoms with van der Waals surface area (Å²) in [6.07, 6.45) is 0. The predicted octanol–water partition coefficient (Wildman–Crippen LogP) is 4.42. The zero-order chi connectivity index (χ0) is 24.2. The average Bonchev–Trinajstić information content (AvgIpc) is 2.84. The lowest BCUT2D eigenvalue weighted by Gasteiger charge is -2.17. The minimum atomic E-state index is -0.663. The van der Waals surface area contributed by atoms with Crippen molar-refractivity contribution in [1.29, 1.82) is 0 Å². The molecule has 1 aromatic heterocycles. The summed E-state index contributed by atoms with van der Waals surface area (Å²) in [5.41, 5.74) is 0.981. The first-order valence-corrected chi connectivity index (χ1v) is 11.1. The molecule has 1 amide bonds. The Morgan fingerprint density at radius 3 is 2.65 bits per heavy atom. The molecule has 10 heteroatoms. The Labute approximate surface area is 198 Å². The highest BCUT2D eigenvalue weighted by Gasteiger charge is 2.21. The number of non-ortho nitro benzene ring substituents is 1. The molecule has 0 fully saturated rings. The molecule has 0 radical (unpaired) electrons. The number of rotatable bonds is 7. The van der Waals surface area contributed by atoms with Crippen LogP contribution in [0.2, 0.25) is 0 Å². The number of fused-ring (bicyclic) bond motifs is 1. The number of carbonyl (C=O) groups is 1. The van der Waals surface area contributed by atoms with Crippen LogP contribution < -0.4 is 15.6 Å². The third-order valence-corrected chi connectivity index (χ3v) is 6.08. The largest absolute Gasteiger partial charge is 0.497 e. The molecule has 0 spiro atoms. The second-order valence-electron chi connectivity index (χ2n) is 7.31. The number of para-hydroxylation sites is 1. The van der Waals surface area contributed by atoms with Crippen LogP contribution in [0, 0.1) is 10.1 Å². The highest BCUT2D eigenvalue weighted by molar-refractivity contribution is 8.00. The number of aromatic nitrogens is 2. The van der Waals surface area contributed by atoms with Crippen molar-refractivity contribution in [3.05, 3.63) is 93.3 Å². The molecule has 172 valence electrons. The molecule has 3 aromatic carbocycles. The first kappa shape index (κ1) is 23.0. The number of methoxy groups -OCH3 is 1. The number of carbonyl (C=O) groups excluding carboxylic acids is 1. The number of nitrogens with one attached hydrogen (secondary N) is 1. The summed E-state index contributed by atoms with van der Waals surface area (Å²) in [7, 11) is 1.54. The van der Waals surface area contributed by atoms with Gasteiger partial charge in [-0.2, -0.15) is 0 Å². The summed E-state index contributed by atoms with van der Waals surface area (Å²) >= 11 is 1.11. The molecule has 0 saturated carbocycles. The van der Waals surface area contributed by atoms with Crippen molar-refractivity contribution >= 4 is 39.9 Å². The number of ether oxygens (including phenoxy) is 1. The monoisotopic (exact) mass is 476 g/mol. The first-order chi connectivity index (χ1) is 16.4. The number of benzene rings is 3. The van der Waals surface area contributed by atoms with Gasteiger partial charge in [0.2, 0.25) is 5.91 Å². The quantitative estimate of drug-likeness (QED) is 0.182. The van der Waals surface area contributed by atoms with Crippen LogP contribution in [0.5, 0.6) is 5.75 Å². The van der Waals surface area contributed by atoms with Crippen molar-refractivity contribution in [2.24, 2.45) is 0 Å². The highest BCUT2D eigenvalue weighted by atomic mass is 32.2. The molecule has 0 unspecified atom stereocenters. The molecule has 34 heavy (non-hydrogen) atoms. The van der Waals surface area contributed by atoms with E-state index in [1.54, 1.807) is 61.5 Å². The second kappa shape index (κ2) is 9.75. The maximum absolute atomic E-state index is 13.4. The van der Waals surface area contributed by atoms with Crippen molar-refractivity contribution in [2.75, 3.05) is 12.4 Å². The molecule has 0 aliphatic heterocycles. The fourth-order valence-electron chi connectivity index (χ4n) is 3.32. The molecular weight excluding hydrogens is 456 g/mol. The van der Waals surface area contributed by atoms with E-state index in [1.165, 1.54) is 29.9 Å². The second-order valence-corrected chi connectivity index (χ2v) is 8.62. The molecule has 1 N–H and O–H groups in total. The minimum Gasteiger partial charge on any atom is -0.497 e. The average molecular weight is 477 g/mol.